The van der Waals surface area contributed by atoms with Gasteiger partial charge in [-0.15, -0.1) is 0 Å². The van der Waals surface area contributed by atoms with Crippen molar-refractivity contribution in [3.05, 3.63) is 0 Å². The highest BCUT2D eigenvalue weighted by Crippen LogP contribution is 2.35. The Bertz CT molecular complexity index is 399. The Balaban J connectivity index is 2.00. The molecule has 6 heteroatoms. The molecule has 0 radical (unpaired) electrons. The third-order valence-electron chi connectivity index (χ3n) is 3.73. The van der Waals surface area contributed by atoms with Crippen molar-refractivity contribution in [2.24, 2.45) is 5.41 Å². The molecule has 1 amide bonds. The van der Waals surface area contributed by atoms with Gasteiger partial charge in [-0.3, -0.25) is 4.79 Å². The van der Waals surface area contributed by atoms with Gasteiger partial charge in [0.2, 0.25) is 5.91 Å². The molecule has 0 aromatic carbocycles. The summed E-state index contributed by atoms with van der Waals surface area (Å²) in [6.45, 7) is 3.38. The predicted molar refractivity (Wildman–Crippen MR) is 65.4 cm³/mol. The average molecular weight is 260 g/mol. The van der Waals surface area contributed by atoms with Crippen LogP contribution in [0.25, 0.3) is 0 Å². The van der Waals surface area contributed by atoms with Crippen molar-refractivity contribution in [2.45, 2.75) is 19.3 Å². The molecule has 2 fully saturated rings. The molecular weight excluding hydrogens is 240 g/mol. The third kappa shape index (κ3) is 3.19. The first-order valence-corrected chi connectivity index (χ1v) is 8.13. The molecule has 0 aromatic rings. The van der Waals surface area contributed by atoms with E-state index >= 15 is 0 Å². The standard InChI is InChI=1S/C11H20N2O3S/c1-17(15,16)7-10(14)13-6-2-3-11(9-13)4-5-12-8-11/h12H,2-9H2,1H3/t11-/m0/s1. The fourth-order valence-electron chi connectivity index (χ4n) is 2.88. The van der Waals surface area contributed by atoms with E-state index in [9.17, 15) is 13.2 Å². The second-order valence-corrected chi connectivity index (χ2v) is 7.56. The predicted octanol–water partition coefficient (Wildman–Crippen LogP) is -0.367. The number of carbonyl (C=O) groups is 1. The van der Waals surface area contributed by atoms with E-state index in [2.05, 4.69) is 5.32 Å². The highest BCUT2D eigenvalue weighted by molar-refractivity contribution is 7.91. The Kier molecular flexibility index (Phi) is 3.45. The molecule has 0 unspecified atom stereocenters. The van der Waals surface area contributed by atoms with Crippen LogP contribution in [0.2, 0.25) is 0 Å². The van der Waals surface area contributed by atoms with Crippen molar-refractivity contribution in [1.29, 1.82) is 0 Å². The summed E-state index contributed by atoms with van der Waals surface area (Å²) >= 11 is 0. The van der Waals surface area contributed by atoms with Gasteiger partial charge in [-0.1, -0.05) is 0 Å². The molecule has 1 spiro atoms. The van der Waals surface area contributed by atoms with Crippen LogP contribution in [-0.4, -0.2) is 57.4 Å². The molecule has 98 valence electrons. The minimum absolute atomic E-state index is 0.200. The molecule has 2 rings (SSSR count). The number of hydrogen-bond acceptors (Lipinski definition) is 4. The van der Waals surface area contributed by atoms with E-state index in [1.165, 1.54) is 0 Å². The summed E-state index contributed by atoms with van der Waals surface area (Å²) < 4.78 is 22.3. The van der Waals surface area contributed by atoms with Crippen molar-refractivity contribution in [2.75, 3.05) is 38.2 Å². The lowest BCUT2D eigenvalue weighted by molar-refractivity contribution is -0.131. The Morgan fingerprint density at radius 1 is 1.41 bits per heavy atom. The fraction of sp³-hybridized carbons (Fsp3) is 0.909. The summed E-state index contributed by atoms with van der Waals surface area (Å²) in [5, 5.41) is 3.33. The SMILES string of the molecule is CS(=O)(=O)CC(=O)N1CCC[C@@]2(CCNC2)C1. The van der Waals surface area contributed by atoms with Gasteiger partial charge in [0.05, 0.1) is 0 Å². The Labute approximate surface area is 102 Å². The van der Waals surface area contributed by atoms with Crippen LogP contribution in [0.4, 0.5) is 0 Å². The molecule has 17 heavy (non-hydrogen) atoms. The van der Waals surface area contributed by atoms with Crippen molar-refractivity contribution >= 4 is 15.7 Å². The Hall–Kier alpha value is -0.620. The van der Waals surface area contributed by atoms with E-state index in [1.54, 1.807) is 4.90 Å². The maximum Gasteiger partial charge on any atom is 0.237 e. The van der Waals surface area contributed by atoms with Gasteiger partial charge in [0.15, 0.2) is 9.84 Å². The first-order valence-electron chi connectivity index (χ1n) is 6.07. The van der Waals surface area contributed by atoms with Gasteiger partial charge < -0.3 is 10.2 Å². The fourth-order valence-corrected chi connectivity index (χ4v) is 3.51. The number of carbonyl (C=O) groups excluding carboxylic acids is 1. The number of amides is 1. The van der Waals surface area contributed by atoms with Crippen molar-refractivity contribution in [3.8, 4) is 0 Å². The van der Waals surface area contributed by atoms with Gasteiger partial charge in [0.1, 0.15) is 5.75 Å². The summed E-state index contributed by atoms with van der Waals surface area (Å²) in [4.78, 5) is 13.6. The number of hydrogen-bond donors (Lipinski definition) is 1. The summed E-state index contributed by atoms with van der Waals surface area (Å²) in [5.41, 5.74) is 0.200. The minimum atomic E-state index is -3.21. The van der Waals surface area contributed by atoms with Gasteiger partial charge in [-0.25, -0.2) is 8.42 Å². The van der Waals surface area contributed by atoms with Crippen molar-refractivity contribution in [1.82, 2.24) is 10.2 Å². The van der Waals surface area contributed by atoms with Gasteiger partial charge in [-0.2, -0.15) is 0 Å². The third-order valence-corrected chi connectivity index (χ3v) is 4.50. The van der Waals surface area contributed by atoms with Gasteiger partial charge in [0.25, 0.3) is 0 Å². The van der Waals surface area contributed by atoms with E-state index < -0.39 is 9.84 Å². The highest BCUT2D eigenvalue weighted by atomic mass is 32.2. The summed E-state index contributed by atoms with van der Waals surface area (Å²) in [6.07, 6.45) is 4.33. The molecule has 1 atom stereocenters. The quantitative estimate of drug-likeness (QED) is 0.736. The highest BCUT2D eigenvalue weighted by Gasteiger charge is 2.39. The number of nitrogens with one attached hydrogen (secondary N) is 1. The molecular formula is C11H20N2O3S. The first kappa shape index (κ1) is 12.8. The van der Waals surface area contributed by atoms with Crippen molar-refractivity contribution < 1.29 is 13.2 Å². The minimum Gasteiger partial charge on any atom is -0.341 e. The van der Waals surface area contributed by atoms with Crippen molar-refractivity contribution in [3.63, 3.8) is 0 Å². The van der Waals surface area contributed by atoms with Crippen LogP contribution in [0, 0.1) is 5.41 Å². The number of nitrogens with zero attached hydrogens (tertiary/aromatic N) is 1. The van der Waals surface area contributed by atoms with E-state index in [4.69, 9.17) is 0 Å². The molecule has 2 aliphatic rings. The zero-order valence-corrected chi connectivity index (χ0v) is 11.1. The van der Waals surface area contributed by atoms with Gasteiger partial charge >= 0.3 is 0 Å². The van der Waals surface area contributed by atoms with Crippen LogP contribution in [0.5, 0.6) is 0 Å². The molecule has 0 bridgehead atoms. The average Bonchev–Trinajstić information content (AvgIpc) is 2.64. The lowest BCUT2D eigenvalue weighted by Gasteiger charge is -2.40. The van der Waals surface area contributed by atoms with E-state index in [0.29, 0.717) is 13.1 Å². The summed E-state index contributed by atoms with van der Waals surface area (Å²) in [7, 11) is -3.21. The first-order chi connectivity index (χ1) is 7.90. The summed E-state index contributed by atoms with van der Waals surface area (Å²) in [6, 6.07) is 0. The maximum atomic E-state index is 11.9. The largest absolute Gasteiger partial charge is 0.341 e. The second-order valence-electron chi connectivity index (χ2n) is 5.42. The second kappa shape index (κ2) is 4.57. The maximum absolute atomic E-state index is 11.9. The molecule has 0 saturated carbocycles. The van der Waals surface area contributed by atoms with E-state index in [0.717, 1.165) is 38.6 Å². The van der Waals surface area contributed by atoms with Crippen LogP contribution in [-0.2, 0) is 14.6 Å². The monoisotopic (exact) mass is 260 g/mol. The lowest BCUT2D eigenvalue weighted by Crippen LogP contribution is -2.48. The lowest BCUT2D eigenvalue weighted by atomic mass is 9.79. The van der Waals surface area contributed by atoms with Crippen LogP contribution < -0.4 is 5.32 Å². The molecule has 0 aliphatic carbocycles. The smallest absolute Gasteiger partial charge is 0.237 e. The molecule has 2 heterocycles. The molecule has 2 aliphatic heterocycles. The number of sulfone groups is 1. The topological polar surface area (TPSA) is 66.5 Å². The van der Waals surface area contributed by atoms with Gasteiger partial charge in [0, 0.05) is 31.3 Å². The number of rotatable bonds is 2. The zero-order valence-electron chi connectivity index (χ0n) is 10.2. The number of likely N-dealkylation sites (tertiary alicyclic amines) is 1. The normalized spacial score (nSPS) is 29.8. The zero-order chi connectivity index (χ0) is 12.5. The van der Waals surface area contributed by atoms with Gasteiger partial charge in [-0.05, 0) is 25.8 Å². The Morgan fingerprint density at radius 2 is 2.18 bits per heavy atom. The molecule has 0 aromatic heterocycles. The Morgan fingerprint density at radius 3 is 2.76 bits per heavy atom. The molecule has 1 N–H and O–H groups in total. The van der Waals surface area contributed by atoms with E-state index in [-0.39, 0.29) is 17.1 Å². The molecule has 5 nitrogen and oxygen atoms in total. The van der Waals surface area contributed by atoms with Crippen LogP contribution in [0.3, 0.4) is 0 Å². The van der Waals surface area contributed by atoms with Crippen LogP contribution >= 0.6 is 0 Å². The molecule has 2 saturated heterocycles. The number of piperidine rings is 1. The van der Waals surface area contributed by atoms with Crippen LogP contribution in [0.1, 0.15) is 19.3 Å². The van der Waals surface area contributed by atoms with Crippen LogP contribution in [0.15, 0.2) is 0 Å². The van der Waals surface area contributed by atoms with E-state index in [1.807, 2.05) is 0 Å². The summed E-state index contributed by atoms with van der Waals surface area (Å²) in [5.74, 6) is -0.588.